The largest absolute Gasteiger partial charge is 0.461 e. The third-order valence-corrected chi connectivity index (χ3v) is 4.95. The van der Waals surface area contributed by atoms with Crippen molar-refractivity contribution in [1.82, 2.24) is 9.72 Å². The van der Waals surface area contributed by atoms with Gasteiger partial charge in [-0.05, 0) is 31.2 Å². The van der Waals surface area contributed by atoms with Crippen molar-refractivity contribution in [3.05, 3.63) is 64.4 Å². The lowest BCUT2D eigenvalue weighted by Crippen LogP contribution is -2.21. The zero-order valence-corrected chi connectivity index (χ0v) is 15.7. The summed E-state index contributed by atoms with van der Waals surface area (Å²) in [6.07, 6.45) is 9.22. The Morgan fingerprint density at radius 2 is 2.15 bits per heavy atom. The van der Waals surface area contributed by atoms with Crippen LogP contribution in [0, 0.1) is 5.92 Å². The summed E-state index contributed by atoms with van der Waals surface area (Å²) in [5.74, 6) is -0.0274. The monoisotopic (exact) mass is 370 g/mol. The number of esters is 1. The summed E-state index contributed by atoms with van der Waals surface area (Å²) < 4.78 is 11.9. The topological polar surface area (TPSA) is 74.3 Å². The molecule has 0 aliphatic carbocycles. The third kappa shape index (κ3) is 5.18. The fourth-order valence-corrected chi connectivity index (χ4v) is 3.35. The summed E-state index contributed by atoms with van der Waals surface area (Å²) in [6.45, 7) is 2.17. The molecular formula is C21H26N2O4. The minimum Gasteiger partial charge on any atom is -0.461 e. The van der Waals surface area contributed by atoms with E-state index in [1.807, 2.05) is 49.4 Å². The van der Waals surface area contributed by atoms with Gasteiger partial charge in [0.05, 0.1) is 5.92 Å². The summed E-state index contributed by atoms with van der Waals surface area (Å²) in [5.41, 5.74) is 0.983. The molecule has 2 aromatic rings. The third-order valence-electron chi connectivity index (χ3n) is 4.95. The molecule has 0 unspecified atom stereocenters. The maximum atomic E-state index is 12.1. The molecule has 0 spiro atoms. The molecule has 144 valence electrons. The Hall–Kier alpha value is -2.63. The number of fused-ring (bicyclic) bond motifs is 1. The quantitative estimate of drug-likeness (QED) is 0.547. The van der Waals surface area contributed by atoms with Crippen LogP contribution in [0.3, 0.4) is 0 Å². The summed E-state index contributed by atoms with van der Waals surface area (Å²) in [6, 6.07) is 9.74. The van der Waals surface area contributed by atoms with Crippen LogP contribution in [0.1, 0.15) is 56.5 Å². The highest BCUT2D eigenvalue weighted by Crippen LogP contribution is 2.24. The molecule has 0 fully saturated rings. The molecule has 1 aromatic heterocycles. The number of hydrogen-bond donors (Lipinski definition) is 0. The molecule has 1 aliphatic heterocycles. The van der Waals surface area contributed by atoms with Gasteiger partial charge in [-0.3, -0.25) is 13.9 Å². The molecule has 6 heteroatoms. The average molecular weight is 370 g/mol. The van der Waals surface area contributed by atoms with E-state index in [1.165, 1.54) is 0 Å². The van der Waals surface area contributed by atoms with Gasteiger partial charge in [-0.15, -0.1) is 0 Å². The van der Waals surface area contributed by atoms with Crippen molar-refractivity contribution in [2.45, 2.75) is 58.1 Å². The molecular weight excluding hydrogens is 344 g/mol. The predicted molar refractivity (Wildman–Crippen MR) is 101 cm³/mol. The molecule has 6 nitrogen and oxygen atoms in total. The maximum Gasteiger partial charge on any atom is 0.441 e. The van der Waals surface area contributed by atoms with Crippen LogP contribution in [0.15, 0.2) is 51.8 Å². The van der Waals surface area contributed by atoms with Gasteiger partial charge in [0.1, 0.15) is 6.61 Å². The van der Waals surface area contributed by atoms with Crippen molar-refractivity contribution in [1.29, 1.82) is 0 Å². The zero-order valence-electron chi connectivity index (χ0n) is 15.7. The molecule has 27 heavy (non-hydrogen) atoms. The van der Waals surface area contributed by atoms with Crippen molar-refractivity contribution in [2.75, 3.05) is 0 Å². The average Bonchev–Trinajstić information content (AvgIpc) is 2.93. The summed E-state index contributed by atoms with van der Waals surface area (Å²) in [5, 5.41) is 3.88. The van der Waals surface area contributed by atoms with Gasteiger partial charge in [-0.1, -0.05) is 61.0 Å². The van der Waals surface area contributed by atoms with Gasteiger partial charge < -0.3 is 4.74 Å². The Labute approximate surface area is 158 Å². The number of carbonyl (C=O) groups is 1. The van der Waals surface area contributed by atoms with Crippen LogP contribution in [0.5, 0.6) is 0 Å². The lowest BCUT2D eigenvalue weighted by Gasteiger charge is -2.13. The normalized spacial score (nSPS) is 18.0. The second kappa shape index (κ2) is 9.35. The highest BCUT2D eigenvalue weighted by molar-refractivity contribution is 5.72. The van der Waals surface area contributed by atoms with Crippen LogP contribution >= 0.6 is 0 Å². The second-order valence-corrected chi connectivity index (χ2v) is 7.07. The van der Waals surface area contributed by atoms with E-state index in [0.717, 1.165) is 43.5 Å². The second-order valence-electron chi connectivity index (χ2n) is 7.07. The van der Waals surface area contributed by atoms with E-state index >= 15 is 0 Å². The Bertz CT molecular complexity index is 822. The number of nitrogens with zero attached hydrogens (tertiary/aromatic N) is 2. The fraction of sp³-hybridized carbons (Fsp3) is 0.476. The maximum absolute atomic E-state index is 12.1. The number of hydrogen-bond acceptors (Lipinski definition) is 5. The number of ether oxygens (including phenoxy) is 1. The molecule has 1 aromatic carbocycles. The first-order valence-corrected chi connectivity index (χ1v) is 9.58. The van der Waals surface area contributed by atoms with E-state index in [1.54, 1.807) is 4.57 Å². The van der Waals surface area contributed by atoms with Gasteiger partial charge in [0, 0.05) is 12.5 Å². The van der Waals surface area contributed by atoms with Gasteiger partial charge in [-0.25, -0.2) is 4.79 Å². The van der Waals surface area contributed by atoms with E-state index in [2.05, 4.69) is 5.16 Å². The van der Waals surface area contributed by atoms with E-state index < -0.39 is 0 Å². The molecule has 3 rings (SSSR count). The van der Waals surface area contributed by atoms with Crippen molar-refractivity contribution in [3.63, 3.8) is 0 Å². The minimum atomic E-state index is -0.372. The molecule has 2 atom stereocenters. The van der Waals surface area contributed by atoms with Crippen LogP contribution < -0.4 is 5.76 Å². The minimum absolute atomic E-state index is 0.0813. The standard InChI is InChI=1S/C21H26N2O4/c1-16(20(24)26-15-17-10-3-2-4-11-17)9-5-6-12-18-13-7-8-14-19-22-27-21(25)23(18)19/h2-6,10-11,16,18H,7-9,12-15H2,1H3/b6-5+/t16-,18-/m0/s1. The Morgan fingerprint density at radius 1 is 1.33 bits per heavy atom. The van der Waals surface area contributed by atoms with Gasteiger partial charge in [0.2, 0.25) is 0 Å². The molecule has 1 aliphatic rings. The first-order chi connectivity index (χ1) is 13.1. The van der Waals surface area contributed by atoms with E-state index in [0.29, 0.717) is 13.0 Å². The van der Waals surface area contributed by atoms with Crippen LogP contribution in [-0.2, 0) is 22.6 Å². The number of allylic oxidation sites excluding steroid dienone is 2. The van der Waals surface area contributed by atoms with E-state index in [9.17, 15) is 9.59 Å². The zero-order chi connectivity index (χ0) is 19.1. The molecule has 0 N–H and O–H groups in total. The first-order valence-electron chi connectivity index (χ1n) is 9.58. The summed E-state index contributed by atoms with van der Waals surface area (Å²) in [4.78, 5) is 24.0. The van der Waals surface area contributed by atoms with Crippen molar-refractivity contribution in [3.8, 4) is 0 Å². The number of aryl methyl sites for hydroxylation is 1. The van der Waals surface area contributed by atoms with Crippen LogP contribution in [-0.4, -0.2) is 15.7 Å². The van der Waals surface area contributed by atoms with E-state index in [4.69, 9.17) is 9.26 Å². The van der Waals surface area contributed by atoms with Gasteiger partial charge in [-0.2, -0.15) is 0 Å². The summed E-state index contributed by atoms with van der Waals surface area (Å²) in [7, 11) is 0. The van der Waals surface area contributed by atoms with Gasteiger partial charge in [0.15, 0.2) is 5.82 Å². The number of aromatic nitrogens is 2. The Balaban J connectivity index is 1.47. The van der Waals surface area contributed by atoms with Gasteiger partial charge in [0.25, 0.3) is 0 Å². The SMILES string of the molecule is C[C@@H](C/C=C/C[C@H]1CCCCc2noc(=O)n21)C(=O)OCc1ccccc1. The number of benzene rings is 1. The molecule has 2 heterocycles. The molecule has 0 bridgehead atoms. The molecule has 0 saturated carbocycles. The number of carbonyl (C=O) groups excluding carboxylic acids is 1. The predicted octanol–water partition coefficient (Wildman–Crippen LogP) is 3.82. The van der Waals surface area contributed by atoms with Crippen LogP contribution in [0.2, 0.25) is 0 Å². The van der Waals surface area contributed by atoms with Crippen molar-refractivity contribution >= 4 is 5.97 Å². The molecule has 0 saturated heterocycles. The highest BCUT2D eigenvalue weighted by atomic mass is 16.5. The fourth-order valence-electron chi connectivity index (χ4n) is 3.35. The van der Waals surface area contributed by atoms with Crippen LogP contribution in [0.25, 0.3) is 0 Å². The van der Waals surface area contributed by atoms with E-state index in [-0.39, 0.29) is 23.7 Å². The van der Waals surface area contributed by atoms with Crippen LogP contribution in [0.4, 0.5) is 0 Å². The van der Waals surface area contributed by atoms with Crippen molar-refractivity contribution < 1.29 is 14.1 Å². The smallest absolute Gasteiger partial charge is 0.441 e. The van der Waals surface area contributed by atoms with Crippen molar-refractivity contribution in [2.24, 2.45) is 5.92 Å². The molecule has 0 amide bonds. The summed E-state index contributed by atoms with van der Waals surface area (Å²) >= 11 is 0. The first kappa shape index (κ1) is 19.1. The highest BCUT2D eigenvalue weighted by Gasteiger charge is 2.22. The van der Waals surface area contributed by atoms with Gasteiger partial charge >= 0.3 is 11.7 Å². The lowest BCUT2D eigenvalue weighted by molar-refractivity contribution is -0.149. The Kier molecular flexibility index (Phi) is 6.63. The number of rotatable bonds is 7. The lowest BCUT2D eigenvalue weighted by atomic mass is 10.0. The Morgan fingerprint density at radius 3 is 2.96 bits per heavy atom. The molecule has 0 radical (unpaired) electrons.